The van der Waals surface area contributed by atoms with Crippen LogP contribution in [-0.4, -0.2) is 11.7 Å². The van der Waals surface area contributed by atoms with Crippen molar-refractivity contribution in [1.82, 2.24) is 0 Å². The van der Waals surface area contributed by atoms with E-state index in [9.17, 15) is 4.79 Å². The molecule has 0 fully saturated rings. The van der Waals surface area contributed by atoms with Crippen molar-refractivity contribution in [2.75, 3.05) is 0 Å². The molecular weight excluding hydrogens is 134 g/mol. The fourth-order valence-electron chi connectivity index (χ4n) is 0.272. The molecule has 5 heteroatoms. The molecular formula is C5H5N3O2. The summed E-state index contributed by atoms with van der Waals surface area (Å²) in [5.41, 5.74) is 2.81. The van der Waals surface area contributed by atoms with Gasteiger partial charge in [-0.05, 0) is 0 Å². The van der Waals surface area contributed by atoms with Gasteiger partial charge in [0.1, 0.15) is 12.1 Å². The van der Waals surface area contributed by atoms with Gasteiger partial charge < -0.3 is 10.5 Å². The first-order chi connectivity index (χ1) is 4.54. The lowest BCUT2D eigenvalue weighted by atomic mass is 10.2. The van der Waals surface area contributed by atoms with Crippen LogP contribution in [-0.2, 0) is 4.74 Å². The summed E-state index contributed by atoms with van der Waals surface area (Å²) in [6, 6.07) is 2.95. The van der Waals surface area contributed by atoms with E-state index in [4.69, 9.17) is 10.5 Å². The molecule has 0 aliphatic heterocycles. The second-order valence-corrected chi connectivity index (χ2v) is 1.68. The number of rotatable bonds is 1. The highest BCUT2D eigenvalue weighted by atomic mass is 16.6. The standard InChI is InChI=1S/C5H5N3O2/c1-5(2-6,3-7)10-4(8)9/h1H3,(H2,8,9). The van der Waals surface area contributed by atoms with Crippen LogP contribution in [0.25, 0.3) is 0 Å². The van der Waals surface area contributed by atoms with E-state index in [0.717, 1.165) is 6.92 Å². The van der Waals surface area contributed by atoms with Crippen molar-refractivity contribution >= 4 is 6.09 Å². The fraction of sp³-hybridized carbons (Fsp3) is 0.400. The summed E-state index contributed by atoms with van der Waals surface area (Å²) >= 11 is 0. The van der Waals surface area contributed by atoms with Gasteiger partial charge in [0.05, 0.1) is 0 Å². The molecule has 0 saturated heterocycles. The Hall–Kier alpha value is -1.75. The molecule has 2 N–H and O–H groups in total. The van der Waals surface area contributed by atoms with Crippen molar-refractivity contribution in [3.63, 3.8) is 0 Å². The molecule has 10 heavy (non-hydrogen) atoms. The number of hydrogen-bond acceptors (Lipinski definition) is 4. The summed E-state index contributed by atoms with van der Waals surface area (Å²) in [5.74, 6) is 0. The van der Waals surface area contributed by atoms with Crippen molar-refractivity contribution in [2.24, 2.45) is 5.73 Å². The van der Waals surface area contributed by atoms with E-state index in [1.165, 1.54) is 12.1 Å². The molecule has 0 unspecified atom stereocenters. The van der Waals surface area contributed by atoms with Gasteiger partial charge in [-0.25, -0.2) is 4.79 Å². The van der Waals surface area contributed by atoms with E-state index >= 15 is 0 Å². The van der Waals surface area contributed by atoms with E-state index in [-0.39, 0.29) is 0 Å². The van der Waals surface area contributed by atoms with Gasteiger partial charge in [0.15, 0.2) is 0 Å². The average molecular weight is 139 g/mol. The zero-order chi connectivity index (χ0) is 8.20. The van der Waals surface area contributed by atoms with Crippen molar-refractivity contribution in [3.8, 4) is 12.1 Å². The SMILES string of the molecule is CC(C#N)(C#N)OC(N)=O. The number of nitrogens with two attached hydrogens (primary N) is 1. The molecule has 0 spiro atoms. The van der Waals surface area contributed by atoms with Crippen LogP contribution in [0.4, 0.5) is 4.79 Å². The van der Waals surface area contributed by atoms with Gasteiger partial charge in [0.2, 0.25) is 0 Å². The molecule has 0 aromatic heterocycles. The summed E-state index contributed by atoms with van der Waals surface area (Å²) < 4.78 is 4.15. The maximum Gasteiger partial charge on any atom is 0.406 e. The van der Waals surface area contributed by atoms with E-state index in [2.05, 4.69) is 10.5 Å². The molecule has 0 aromatic carbocycles. The Morgan fingerprint density at radius 1 is 1.60 bits per heavy atom. The highest BCUT2D eigenvalue weighted by Gasteiger charge is 2.26. The van der Waals surface area contributed by atoms with Gasteiger partial charge in [-0.1, -0.05) is 0 Å². The lowest BCUT2D eigenvalue weighted by molar-refractivity contribution is 0.107. The van der Waals surface area contributed by atoms with Crippen LogP contribution >= 0.6 is 0 Å². The Morgan fingerprint density at radius 2 is 2.00 bits per heavy atom. The predicted octanol–water partition coefficient (Wildman–Crippen LogP) is -0.112. The van der Waals surface area contributed by atoms with Gasteiger partial charge in [-0.15, -0.1) is 0 Å². The maximum atomic E-state index is 10.0. The topological polar surface area (TPSA) is 99.9 Å². The van der Waals surface area contributed by atoms with Gasteiger partial charge in [-0.2, -0.15) is 10.5 Å². The van der Waals surface area contributed by atoms with Crippen molar-refractivity contribution in [2.45, 2.75) is 12.5 Å². The van der Waals surface area contributed by atoms with Crippen LogP contribution in [0.2, 0.25) is 0 Å². The maximum absolute atomic E-state index is 10.0. The van der Waals surface area contributed by atoms with Crippen LogP contribution in [0.1, 0.15) is 6.92 Å². The molecule has 0 heterocycles. The molecule has 0 radical (unpaired) electrons. The number of carbonyl (C=O) groups excluding carboxylic acids is 1. The molecule has 0 aliphatic carbocycles. The Bertz CT molecular complexity index is 208. The third-order valence-corrected chi connectivity index (χ3v) is 0.731. The van der Waals surface area contributed by atoms with Gasteiger partial charge in [0, 0.05) is 6.92 Å². The molecule has 5 nitrogen and oxygen atoms in total. The summed E-state index contributed by atoms with van der Waals surface area (Å²) in [6.45, 7) is 1.15. The molecule has 1 amide bonds. The minimum absolute atomic E-state index is 1.13. The minimum Gasteiger partial charge on any atom is -0.414 e. The second kappa shape index (κ2) is 2.70. The summed E-state index contributed by atoms with van der Waals surface area (Å²) in [6.07, 6.45) is -1.13. The molecule has 0 aromatic rings. The summed E-state index contributed by atoms with van der Waals surface area (Å²) in [4.78, 5) is 10.0. The molecule has 0 bridgehead atoms. The Kier molecular flexibility index (Phi) is 2.22. The second-order valence-electron chi connectivity index (χ2n) is 1.68. The Labute approximate surface area is 57.6 Å². The predicted molar refractivity (Wildman–Crippen MR) is 30.3 cm³/mol. The quantitative estimate of drug-likeness (QED) is 0.547. The van der Waals surface area contributed by atoms with Crippen LogP contribution in [0.3, 0.4) is 0 Å². The minimum atomic E-state index is -1.76. The average Bonchev–Trinajstić information content (AvgIpc) is 1.87. The number of nitrogens with zero attached hydrogens (tertiary/aromatic N) is 2. The number of hydrogen-bond donors (Lipinski definition) is 1. The number of nitriles is 2. The molecule has 0 rings (SSSR count). The number of carbonyl (C=O) groups is 1. The van der Waals surface area contributed by atoms with Crippen LogP contribution < -0.4 is 5.73 Å². The highest BCUT2D eigenvalue weighted by molar-refractivity contribution is 5.66. The lowest BCUT2D eigenvalue weighted by Crippen LogP contribution is -2.30. The first kappa shape index (κ1) is 8.25. The summed E-state index contributed by atoms with van der Waals surface area (Å²) in [7, 11) is 0. The number of ether oxygens (including phenoxy) is 1. The Balaban J connectivity index is 4.29. The van der Waals surface area contributed by atoms with E-state index in [0.29, 0.717) is 0 Å². The summed E-state index contributed by atoms with van der Waals surface area (Å²) in [5, 5.41) is 16.5. The molecule has 0 atom stereocenters. The Morgan fingerprint density at radius 3 is 2.10 bits per heavy atom. The lowest BCUT2D eigenvalue weighted by Gasteiger charge is -2.09. The third kappa shape index (κ3) is 2.01. The fourth-order valence-corrected chi connectivity index (χ4v) is 0.272. The zero-order valence-corrected chi connectivity index (χ0v) is 5.29. The third-order valence-electron chi connectivity index (χ3n) is 0.731. The largest absolute Gasteiger partial charge is 0.414 e. The molecule has 0 saturated carbocycles. The monoisotopic (exact) mass is 139 g/mol. The van der Waals surface area contributed by atoms with Crippen molar-refractivity contribution in [1.29, 1.82) is 10.5 Å². The van der Waals surface area contributed by atoms with E-state index in [1.54, 1.807) is 0 Å². The zero-order valence-electron chi connectivity index (χ0n) is 5.29. The smallest absolute Gasteiger partial charge is 0.406 e. The van der Waals surface area contributed by atoms with Crippen molar-refractivity contribution in [3.05, 3.63) is 0 Å². The number of amides is 1. The van der Waals surface area contributed by atoms with Gasteiger partial charge in [-0.3, -0.25) is 0 Å². The van der Waals surface area contributed by atoms with Crippen molar-refractivity contribution < 1.29 is 9.53 Å². The van der Waals surface area contributed by atoms with E-state index in [1.807, 2.05) is 0 Å². The highest BCUT2D eigenvalue weighted by Crippen LogP contribution is 2.05. The first-order valence-corrected chi connectivity index (χ1v) is 2.35. The van der Waals surface area contributed by atoms with E-state index < -0.39 is 11.7 Å². The van der Waals surface area contributed by atoms with Gasteiger partial charge >= 0.3 is 6.09 Å². The molecule has 52 valence electrons. The van der Waals surface area contributed by atoms with Crippen LogP contribution in [0.15, 0.2) is 0 Å². The van der Waals surface area contributed by atoms with Crippen LogP contribution in [0, 0.1) is 22.7 Å². The normalized spacial score (nSPS) is 9.10. The van der Waals surface area contributed by atoms with Gasteiger partial charge in [0.25, 0.3) is 5.60 Å². The first-order valence-electron chi connectivity index (χ1n) is 2.35. The van der Waals surface area contributed by atoms with Crippen LogP contribution in [0.5, 0.6) is 0 Å². The molecule has 0 aliphatic rings. The number of primary amides is 1.